The van der Waals surface area contributed by atoms with Crippen LogP contribution in [0.25, 0.3) is 0 Å². The number of hydrogen-bond donors (Lipinski definition) is 1. The molecule has 17 heavy (non-hydrogen) atoms. The maximum atomic E-state index is 11.2. The molecule has 5 nitrogen and oxygen atoms in total. The molecule has 1 N–H and O–H groups in total. The Morgan fingerprint density at radius 3 is 2.71 bits per heavy atom. The molecule has 1 aliphatic rings. The first-order valence-corrected chi connectivity index (χ1v) is 5.40. The number of hydrogen-bond acceptors (Lipinski definition) is 4. The normalized spacial score (nSPS) is 19.8. The van der Waals surface area contributed by atoms with Crippen LogP contribution in [0.1, 0.15) is 26.7 Å². The summed E-state index contributed by atoms with van der Waals surface area (Å²) in [6.07, 6.45) is 2.82. The molecule has 1 aliphatic heterocycles. The second-order valence-electron chi connectivity index (χ2n) is 3.73. The Balaban J connectivity index is 0.00000256. The number of likely N-dealkylation sites (tertiary alicyclic amines) is 1. The first-order chi connectivity index (χ1) is 7.56. The van der Waals surface area contributed by atoms with E-state index in [2.05, 4.69) is 0 Å². The van der Waals surface area contributed by atoms with E-state index < -0.39 is 18.0 Å². The minimum atomic E-state index is -0.839. The molecule has 1 heterocycles. The van der Waals surface area contributed by atoms with Crippen molar-refractivity contribution in [3.05, 3.63) is 11.8 Å². The predicted molar refractivity (Wildman–Crippen MR) is 64.9 cm³/mol. The SMILES string of the molecule is CCOC(=O)C=C(C)N1CCC[C@H]1C(=O)O.[NaH]. The van der Waals surface area contributed by atoms with Gasteiger partial charge in [0.15, 0.2) is 0 Å². The fourth-order valence-corrected chi connectivity index (χ4v) is 1.88. The number of nitrogens with zero attached hydrogens (tertiary/aromatic N) is 1. The topological polar surface area (TPSA) is 66.8 Å². The summed E-state index contributed by atoms with van der Waals surface area (Å²) in [5.74, 6) is -1.26. The number of carboxylic acids is 1. The molecule has 0 amide bonds. The molecule has 0 aromatic carbocycles. The second kappa shape index (κ2) is 7.74. The minimum absolute atomic E-state index is 0. The van der Waals surface area contributed by atoms with Gasteiger partial charge in [-0.2, -0.15) is 0 Å². The molecule has 1 fully saturated rings. The third kappa shape index (κ3) is 4.69. The van der Waals surface area contributed by atoms with Crippen LogP contribution in [0, 0.1) is 0 Å². The van der Waals surface area contributed by atoms with Gasteiger partial charge in [-0.25, -0.2) is 9.59 Å². The van der Waals surface area contributed by atoms with Crippen molar-refractivity contribution in [3.8, 4) is 0 Å². The van der Waals surface area contributed by atoms with E-state index in [1.165, 1.54) is 6.08 Å². The quantitative estimate of drug-likeness (QED) is 0.444. The summed E-state index contributed by atoms with van der Waals surface area (Å²) in [7, 11) is 0. The summed E-state index contributed by atoms with van der Waals surface area (Å²) in [6.45, 7) is 4.47. The molecule has 1 rings (SSSR count). The Labute approximate surface area is 123 Å². The number of ether oxygens (including phenoxy) is 1. The van der Waals surface area contributed by atoms with E-state index in [1.54, 1.807) is 18.7 Å². The molecule has 0 unspecified atom stereocenters. The monoisotopic (exact) mass is 251 g/mol. The van der Waals surface area contributed by atoms with Crippen LogP contribution in [0.15, 0.2) is 11.8 Å². The van der Waals surface area contributed by atoms with Gasteiger partial charge in [-0.1, -0.05) is 0 Å². The molecule has 0 radical (unpaired) electrons. The van der Waals surface area contributed by atoms with E-state index in [4.69, 9.17) is 9.84 Å². The van der Waals surface area contributed by atoms with E-state index in [1.807, 2.05) is 0 Å². The van der Waals surface area contributed by atoms with Crippen molar-refractivity contribution >= 4 is 41.5 Å². The van der Waals surface area contributed by atoms with Crippen LogP contribution in [-0.4, -0.2) is 70.7 Å². The van der Waals surface area contributed by atoms with Gasteiger partial charge in [0.05, 0.1) is 6.61 Å². The molecule has 0 spiro atoms. The number of allylic oxidation sites excluding steroid dienone is 1. The van der Waals surface area contributed by atoms with Gasteiger partial charge in [0.2, 0.25) is 0 Å². The van der Waals surface area contributed by atoms with Crippen LogP contribution in [-0.2, 0) is 14.3 Å². The molecular formula is C11H18NNaO4. The first-order valence-electron chi connectivity index (χ1n) is 5.40. The zero-order valence-electron chi connectivity index (χ0n) is 9.60. The predicted octanol–water partition coefficient (Wildman–Crippen LogP) is 0.354. The van der Waals surface area contributed by atoms with E-state index in [-0.39, 0.29) is 29.6 Å². The van der Waals surface area contributed by atoms with Gasteiger partial charge in [-0.15, -0.1) is 0 Å². The summed E-state index contributed by atoms with van der Waals surface area (Å²) in [6, 6.07) is -0.509. The third-order valence-electron chi connectivity index (χ3n) is 2.60. The van der Waals surface area contributed by atoms with Gasteiger partial charge in [0, 0.05) is 18.3 Å². The number of aliphatic carboxylic acids is 1. The van der Waals surface area contributed by atoms with Crippen molar-refractivity contribution in [3.63, 3.8) is 0 Å². The van der Waals surface area contributed by atoms with E-state index >= 15 is 0 Å². The molecule has 0 aromatic rings. The van der Waals surface area contributed by atoms with Crippen molar-refractivity contribution in [2.24, 2.45) is 0 Å². The van der Waals surface area contributed by atoms with Crippen LogP contribution < -0.4 is 0 Å². The molecule has 0 bridgehead atoms. The fourth-order valence-electron chi connectivity index (χ4n) is 1.88. The average molecular weight is 251 g/mol. The number of carbonyl (C=O) groups excluding carboxylic acids is 1. The van der Waals surface area contributed by atoms with Crippen LogP contribution >= 0.6 is 0 Å². The Hall–Kier alpha value is -0.520. The summed E-state index contributed by atoms with van der Waals surface area (Å²) < 4.78 is 4.78. The molecule has 1 saturated heterocycles. The van der Waals surface area contributed by atoms with Crippen molar-refractivity contribution in [1.82, 2.24) is 4.90 Å². The zero-order valence-corrected chi connectivity index (χ0v) is 9.60. The summed E-state index contributed by atoms with van der Waals surface area (Å²) >= 11 is 0. The van der Waals surface area contributed by atoms with Crippen molar-refractivity contribution in [1.29, 1.82) is 0 Å². The summed E-state index contributed by atoms with van der Waals surface area (Å²) in [5.41, 5.74) is 0.656. The molecule has 92 valence electrons. The molecule has 0 aliphatic carbocycles. The van der Waals surface area contributed by atoms with Gasteiger partial charge in [0.25, 0.3) is 0 Å². The van der Waals surface area contributed by atoms with Crippen LogP contribution in [0.3, 0.4) is 0 Å². The number of rotatable bonds is 4. The van der Waals surface area contributed by atoms with Gasteiger partial charge >= 0.3 is 41.5 Å². The number of carbonyl (C=O) groups is 2. The maximum absolute atomic E-state index is 11.2. The third-order valence-corrected chi connectivity index (χ3v) is 2.60. The van der Waals surface area contributed by atoms with Crippen LogP contribution in [0.2, 0.25) is 0 Å². The number of esters is 1. The Bertz CT molecular complexity index is 317. The first kappa shape index (κ1) is 16.5. The van der Waals surface area contributed by atoms with Crippen molar-refractivity contribution < 1.29 is 19.4 Å². The van der Waals surface area contributed by atoms with Gasteiger partial charge < -0.3 is 14.7 Å². The Morgan fingerprint density at radius 2 is 2.18 bits per heavy atom. The summed E-state index contributed by atoms with van der Waals surface area (Å²) in [5, 5.41) is 8.98. The molecule has 0 saturated carbocycles. The van der Waals surface area contributed by atoms with E-state index in [0.29, 0.717) is 25.3 Å². The van der Waals surface area contributed by atoms with Crippen molar-refractivity contribution in [2.75, 3.05) is 13.2 Å². The van der Waals surface area contributed by atoms with Gasteiger partial charge in [-0.05, 0) is 26.7 Å². The Morgan fingerprint density at radius 1 is 1.53 bits per heavy atom. The van der Waals surface area contributed by atoms with Crippen LogP contribution in [0.4, 0.5) is 0 Å². The molecular weight excluding hydrogens is 233 g/mol. The number of carboxylic acid groups (broad SMARTS) is 1. The fraction of sp³-hybridized carbons (Fsp3) is 0.636. The van der Waals surface area contributed by atoms with Crippen molar-refractivity contribution in [2.45, 2.75) is 32.7 Å². The zero-order chi connectivity index (χ0) is 12.1. The molecule has 1 atom stereocenters. The van der Waals surface area contributed by atoms with Gasteiger partial charge in [-0.3, -0.25) is 0 Å². The second-order valence-corrected chi connectivity index (χ2v) is 3.73. The van der Waals surface area contributed by atoms with E-state index in [9.17, 15) is 9.59 Å². The summed E-state index contributed by atoms with van der Waals surface area (Å²) in [4.78, 5) is 23.9. The molecule has 6 heteroatoms. The average Bonchev–Trinajstić information content (AvgIpc) is 2.65. The van der Waals surface area contributed by atoms with Crippen LogP contribution in [0.5, 0.6) is 0 Å². The standard InChI is InChI=1S/C11H17NO4.Na.H/c1-3-16-10(13)7-8(2)12-6-4-5-9(12)11(14)15;;/h7,9H,3-6H2,1-2H3,(H,14,15);;/t9-;;/m0../s1. The van der Waals surface area contributed by atoms with Gasteiger partial charge in [0.1, 0.15) is 6.04 Å². The van der Waals surface area contributed by atoms with E-state index in [0.717, 1.165) is 6.42 Å². The Kier molecular flexibility index (Phi) is 7.50. The molecule has 0 aromatic heterocycles.